The molecule has 0 spiro atoms. The number of nitriles is 1. The largest absolute Gasteiger partial charge is 0.364 e. The number of hydrogen-bond donors (Lipinski definition) is 1. The molecule has 0 fully saturated rings. The normalized spacial score (nSPS) is 9.75. The first-order chi connectivity index (χ1) is 7.78. The van der Waals surface area contributed by atoms with Gasteiger partial charge in [-0.05, 0) is 12.1 Å². The van der Waals surface area contributed by atoms with Crippen LogP contribution in [0.4, 0.5) is 5.82 Å². The second-order valence-corrected chi connectivity index (χ2v) is 4.76. The van der Waals surface area contributed by atoms with Crippen LogP contribution in [0, 0.1) is 11.3 Å². The number of nitrogens with zero attached hydrogens (tertiary/aromatic N) is 3. The number of aromatic nitrogens is 2. The van der Waals surface area contributed by atoms with Crippen LogP contribution in [-0.4, -0.2) is 9.97 Å². The molecule has 0 saturated carbocycles. The Labute approximate surface area is 102 Å². The van der Waals surface area contributed by atoms with Crippen LogP contribution in [0.25, 0.3) is 0 Å². The van der Waals surface area contributed by atoms with Crippen LogP contribution in [0.15, 0.2) is 24.5 Å². The minimum atomic E-state index is 0.310. The maximum atomic E-state index is 8.55. The van der Waals surface area contributed by atoms with E-state index in [1.165, 1.54) is 23.7 Å². The van der Waals surface area contributed by atoms with Gasteiger partial charge < -0.3 is 5.32 Å². The number of anilines is 1. The quantitative estimate of drug-likeness (QED) is 0.910. The van der Waals surface area contributed by atoms with Crippen molar-refractivity contribution >= 4 is 28.8 Å². The lowest BCUT2D eigenvalue weighted by atomic mass is 10.4. The van der Waals surface area contributed by atoms with E-state index in [9.17, 15) is 0 Å². The SMILES string of the molecule is N#Cc1cnc(NCc2ccc(Cl)s2)cn1. The highest BCUT2D eigenvalue weighted by Crippen LogP contribution is 2.21. The highest BCUT2D eigenvalue weighted by molar-refractivity contribution is 7.16. The molecule has 0 radical (unpaired) electrons. The van der Waals surface area contributed by atoms with E-state index < -0.39 is 0 Å². The van der Waals surface area contributed by atoms with Gasteiger partial charge in [0.25, 0.3) is 0 Å². The molecule has 2 heterocycles. The van der Waals surface area contributed by atoms with E-state index in [0.29, 0.717) is 18.1 Å². The Kier molecular flexibility index (Phi) is 3.34. The van der Waals surface area contributed by atoms with Crippen LogP contribution in [0.5, 0.6) is 0 Å². The van der Waals surface area contributed by atoms with E-state index in [-0.39, 0.29) is 0 Å². The summed E-state index contributed by atoms with van der Waals surface area (Å²) in [7, 11) is 0. The zero-order chi connectivity index (χ0) is 11.4. The Morgan fingerprint density at radius 3 is 2.81 bits per heavy atom. The van der Waals surface area contributed by atoms with Gasteiger partial charge in [0.05, 0.1) is 23.3 Å². The second-order valence-electron chi connectivity index (χ2n) is 2.96. The first-order valence-corrected chi connectivity index (χ1v) is 5.67. The number of thiophene rings is 1. The lowest BCUT2D eigenvalue weighted by Gasteiger charge is -2.02. The summed E-state index contributed by atoms with van der Waals surface area (Å²) in [5.41, 5.74) is 0.310. The Morgan fingerprint density at radius 1 is 1.38 bits per heavy atom. The van der Waals surface area contributed by atoms with Crippen molar-refractivity contribution in [3.63, 3.8) is 0 Å². The molecule has 0 bridgehead atoms. The monoisotopic (exact) mass is 250 g/mol. The standard InChI is InChI=1S/C10H7ClN4S/c11-9-2-1-8(16-9)5-15-10-6-13-7(3-12)4-14-10/h1-2,4,6H,5H2,(H,14,15). The van der Waals surface area contributed by atoms with Crippen LogP contribution in [0.2, 0.25) is 4.34 Å². The Hall–Kier alpha value is -1.64. The van der Waals surface area contributed by atoms with Gasteiger partial charge in [-0.15, -0.1) is 11.3 Å². The molecular formula is C10H7ClN4S. The summed E-state index contributed by atoms with van der Waals surface area (Å²) in [6.45, 7) is 0.651. The van der Waals surface area contributed by atoms with E-state index in [0.717, 1.165) is 9.21 Å². The van der Waals surface area contributed by atoms with Gasteiger partial charge in [-0.1, -0.05) is 11.6 Å². The minimum Gasteiger partial charge on any atom is -0.364 e. The Balaban J connectivity index is 1.97. The molecule has 6 heteroatoms. The molecule has 0 unspecified atom stereocenters. The van der Waals surface area contributed by atoms with E-state index in [4.69, 9.17) is 16.9 Å². The van der Waals surface area contributed by atoms with E-state index in [1.54, 1.807) is 0 Å². The summed E-state index contributed by atoms with van der Waals surface area (Å²) in [6.07, 6.45) is 2.97. The van der Waals surface area contributed by atoms with E-state index in [1.807, 2.05) is 18.2 Å². The van der Waals surface area contributed by atoms with Crippen molar-refractivity contribution in [3.05, 3.63) is 39.4 Å². The fourth-order valence-electron chi connectivity index (χ4n) is 1.10. The maximum Gasteiger partial charge on any atom is 0.158 e. The molecule has 0 aliphatic carbocycles. The molecule has 0 aliphatic heterocycles. The molecule has 1 N–H and O–H groups in total. The predicted octanol–water partition coefficient (Wildman–Crippen LogP) is 2.68. The van der Waals surface area contributed by atoms with Crippen molar-refractivity contribution in [2.75, 3.05) is 5.32 Å². The molecule has 4 nitrogen and oxygen atoms in total. The van der Waals surface area contributed by atoms with E-state index >= 15 is 0 Å². The van der Waals surface area contributed by atoms with Gasteiger partial charge in [-0.3, -0.25) is 0 Å². The van der Waals surface area contributed by atoms with Crippen molar-refractivity contribution in [3.8, 4) is 6.07 Å². The zero-order valence-electron chi connectivity index (χ0n) is 8.14. The topological polar surface area (TPSA) is 61.6 Å². The third-order valence-electron chi connectivity index (χ3n) is 1.84. The van der Waals surface area contributed by atoms with Crippen LogP contribution in [0.1, 0.15) is 10.6 Å². The van der Waals surface area contributed by atoms with Crippen LogP contribution in [0.3, 0.4) is 0 Å². The molecule has 2 aromatic rings. The van der Waals surface area contributed by atoms with Gasteiger partial charge >= 0.3 is 0 Å². The van der Waals surface area contributed by atoms with Crippen LogP contribution < -0.4 is 5.32 Å². The number of nitrogens with one attached hydrogen (secondary N) is 1. The third kappa shape index (κ3) is 2.69. The molecule has 0 saturated heterocycles. The summed E-state index contributed by atoms with van der Waals surface area (Å²) >= 11 is 7.33. The molecule has 0 aliphatic rings. The lowest BCUT2D eigenvalue weighted by molar-refractivity contribution is 1.09. The van der Waals surface area contributed by atoms with Crippen molar-refractivity contribution in [2.24, 2.45) is 0 Å². The molecule has 2 rings (SSSR count). The average Bonchev–Trinajstić information content (AvgIpc) is 2.73. The first-order valence-electron chi connectivity index (χ1n) is 4.48. The summed E-state index contributed by atoms with van der Waals surface area (Å²) in [6, 6.07) is 5.72. The van der Waals surface area contributed by atoms with Crippen molar-refractivity contribution in [2.45, 2.75) is 6.54 Å². The van der Waals surface area contributed by atoms with Gasteiger partial charge in [0.1, 0.15) is 11.9 Å². The summed E-state index contributed by atoms with van der Waals surface area (Å²) in [5.74, 6) is 0.642. The summed E-state index contributed by atoms with van der Waals surface area (Å²) in [4.78, 5) is 9.07. The molecule has 0 atom stereocenters. The summed E-state index contributed by atoms with van der Waals surface area (Å²) in [5, 5.41) is 11.6. The van der Waals surface area contributed by atoms with Gasteiger partial charge in [0, 0.05) is 4.88 Å². The van der Waals surface area contributed by atoms with Gasteiger partial charge in [-0.25, -0.2) is 9.97 Å². The number of halogens is 1. The highest BCUT2D eigenvalue weighted by Gasteiger charge is 1.99. The van der Waals surface area contributed by atoms with Crippen molar-refractivity contribution in [1.82, 2.24) is 9.97 Å². The molecule has 16 heavy (non-hydrogen) atoms. The third-order valence-corrected chi connectivity index (χ3v) is 3.07. The fraction of sp³-hybridized carbons (Fsp3) is 0.100. The maximum absolute atomic E-state index is 8.55. The molecular weight excluding hydrogens is 244 g/mol. The molecule has 0 aromatic carbocycles. The van der Waals surface area contributed by atoms with Gasteiger partial charge in [-0.2, -0.15) is 5.26 Å². The van der Waals surface area contributed by atoms with Gasteiger partial charge in [0.15, 0.2) is 5.69 Å². The number of hydrogen-bond acceptors (Lipinski definition) is 5. The van der Waals surface area contributed by atoms with Crippen LogP contribution >= 0.6 is 22.9 Å². The van der Waals surface area contributed by atoms with Gasteiger partial charge in [0.2, 0.25) is 0 Å². The zero-order valence-corrected chi connectivity index (χ0v) is 9.72. The Morgan fingerprint density at radius 2 is 2.25 bits per heavy atom. The smallest absolute Gasteiger partial charge is 0.158 e. The van der Waals surface area contributed by atoms with Crippen LogP contribution in [-0.2, 0) is 6.54 Å². The summed E-state index contributed by atoms with van der Waals surface area (Å²) < 4.78 is 0.766. The first kappa shape index (κ1) is 10.9. The average molecular weight is 251 g/mol. The number of rotatable bonds is 3. The Bertz CT molecular complexity index is 514. The molecule has 80 valence electrons. The van der Waals surface area contributed by atoms with Crippen molar-refractivity contribution in [1.29, 1.82) is 5.26 Å². The van der Waals surface area contributed by atoms with E-state index in [2.05, 4.69) is 15.3 Å². The lowest BCUT2D eigenvalue weighted by Crippen LogP contribution is -2.00. The fourth-order valence-corrected chi connectivity index (χ4v) is 2.13. The molecule has 0 amide bonds. The van der Waals surface area contributed by atoms with Crippen molar-refractivity contribution < 1.29 is 0 Å². The minimum absolute atomic E-state index is 0.310. The molecule has 2 aromatic heterocycles. The predicted molar refractivity (Wildman–Crippen MR) is 63.4 cm³/mol. The highest BCUT2D eigenvalue weighted by atomic mass is 35.5. The second kappa shape index (κ2) is 4.92.